The summed E-state index contributed by atoms with van der Waals surface area (Å²) in [7, 11) is 0. The SMILES string of the molecule is CC(C)COCCOC(=O)c1ccc(F)c2ccccc12. The normalized spacial score (nSPS) is 11.0. The molecule has 0 saturated heterocycles. The van der Waals surface area contributed by atoms with E-state index in [0.717, 1.165) is 0 Å². The van der Waals surface area contributed by atoms with Crippen molar-refractivity contribution < 1.29 is 18.7 Å². The van der Waals surface area contributed by atoms with Gasteiger partial charge in [-0.2, -0.15) is 0 Å². The quantitative estimate of drug-likeness (QED) is 0.599. The van der Waals surface area contributed by atoms with Gasteiger partial charge in [0.15, 0.2) is 0 Å². The first-order chi connectivity index (χ1) is 10.1. The standard InChI is InChI=1S/C17H19FO3/c1-12(2)11-20-9-10-21-17(19)15-7-8-16(18)14-6-4-3-5-13(14)15/h3-8,12H,9-11H2,1-2H3. The molecular weight excluding hydrogens is 271 g/mol. The summed E-state index contributed by atoms with van der Waals surface area (Å²) in [6, 6.07) is 9.60. The zero-order valence-corrected chi connectivity index (χ0v) is 12.3. The number of hydrogen-bond acceptors (Lipinski definition) is 3. The second-order valence-electron chi connectivity index (χ2n) is 5.25. The Hall–Kier alpha value is -1.94. The number of hydrogen-bond donors (Lipinski definition) is 0. The smallest absolute Gasteiger partial charge is 0.338 e. The van der Waals surface area contributed by atoms with Gasteiger partial charge < -0.3 is 9.47 Å². The van der Waals surface area contributed by atoms with Gasteiger partial charge in [0, 0.05) is 12.0 Å². The summed E-state index contributed by atoms with van der Waals surface area (Å²) in [5.41, 5.74) is 0.371. The van der Waals surface area contributed by atoms with Crippen LogP contribution in [0.1, 0.15) is 24.2 Å². The maximum Gasteiger partial charge on any atom is 0.338 e. The molecule has 0 saturated carbocycles. The Morgan fingerprint density at radius 2 is 1.81 bits per heavy atom. The summed E-state index contributed by atoms with van der Waals surface area (Å²) in [6.07, 6.45) is 0. The second kappa shape index (κ2) is 7.18. The minimum absolute atomic E-state index is 0.192. The maximum atomic E-state index is 13.7. The lowest BCUT2D eigenvalue weighted by Gasteiger charge is -2.09. The molecule has 21 heavy (non-hydrogen) atoms. The average Bonchev–Trinajstić information content (AvgIpc) is 2.47. The molecule has 0 amide bonds. The largest absolute Gasteiger partial charge is 0.460 e. The van der Waals surface area contributed by atoms with Crippen LogP contribution in [0.2, 0.25) is 0 Å². The maximum absolute atomic E-state index is 13.7. The number of carbonyl (C=O) groups is 1. The van der Waals surface area contributed by atoms with Crippen LogP contribution in [0.5, 0.6) is 0 Å². The lowest BCUT2D eigenvalue weighted by Crippen LogP contribution is -2.13. The van der Waals surface area contributed by atoms with E-state index in [-0.39, 0.29) is 12.4 Å². The topological polar surface area (TPSA) is 35.5 Å². The van der Waals surface area contributed by atoms with Crippen LogP contribution in [0.15, 0.2) is 36.4 Å². The van der Waals surface area contributed by atoms with E-state index in [2.05, 4.69) is 13.8 Å². The third-order valence-electron chi connectivity index (χ3n) is 3.00. The van der Waals surface area contributed by atoms with Gasteiger partial charge in [0.25, 0.3) is 0 Å². The van der Waals surface area contributed by atoms with Crippen molar-refractivity contribution >= 4 is 16.7 Å². The molecule has 0 bridgehead atoms. The molecule has 0 heterocycles. The Bertz CT molecular complexity index is 622. The molecule has 0 N–H and O–H groups in total. The number of fused-ring (bicyclic) bond motifs is 1. The van der Waals surface area contributed by atoms with E-state index >= 15 is 0 Å². The molecule has 4 heteroatoms. The van der Waals surface area contributed by atoms with Crippen LogP contribution >= 0.6 is 0 Å². The first-order valence-electron chi connectivity index (χ1n) is 7.01. The van der Waals surface area contributed by atoms with Gasteiger partial charge in [-0.15, -0.1) is 0 Å². The van der Waals surface area contributed by atoms with Crippen molar-refractivity contribution in [3.63, 3.8) is 0 Å². The summed E-state index contributed by atoms with van der Waals surface area (Å²) in [5, 5.41) is 0.980. The predicted molar refractivity (Wildman–Crippen MR) is 79.8 cm³/mol. The number of ether oxygens (including phenoxy) is 2. The molecule has 0 radical (unpaired) electrons. The van der Waals surface area contributed by atoms with Gasteiger partial charge in [0.05, 0.1) is 12.2 Å². The summed E-state index contributed by atoms with van der Waals surface area (Å²) in [5.74, 6) is -0.358. The second-order valence-corrected chi connectivity index (χ2v) is 5.25. The predicted octanol–water partition coefficient (Wildman–Crippen LogP) is 3.81. The molecule has 0 atom stereocenters. The van der Waals surface area contributed by atoms with Gasteiger partial charge in [-0.25, -0.2) is 9.18 Å². The van der Waals surface area contributed by atoms with Crippen LogP contribution in [0.3, 0.4) is 0 Å². The van der Waals surface area contributed by atoms with E-state index in [1.165, 1.54) is 12.1 Å². The molecule has 0 aliphatic carbocycles. The fraction of sp³-hybridized carbons (Fsp3) is 0.353. The zero-order valence-electron chi connectivity index (χ0n) is 12.3. The third-order valence-corrected chi connectivity index (χ3v) is 3.00. The molecule has 0 aromatic heterocycles. The first kappa shape index (κ1) is 15.4. The molecule has 0 unspecified atom stereocenters. The third kappa shape index (κ3) is 4.02. The van der Waals surface area contributed by atoms with Gasteiger partial charge in [-0.3, -0.25) is 0 Å². The molecule has 3 nitrogen and oxygen atoms in total. The minimum Gasteiger partial charge on any atom is -0.460 e. The van der Waals surface area contributed by atoms with Gasteiger partial charge in [0.1, 0.15) is 12.4 Å². The van der Waals surface area contributed by atoms with Crippen molar-refractivity contribution in [1.82, 2.24) is 0 Å². The van der Waals surface area contributed by atoms with Crippen molar-refractivity contribution in [2.75, 3.05) is 19.8 Å². The number of carbonyl (C=O) groups excluding carboxylic acids is 1. The van der Waals surface area contributed by atoms with Crippen LogP contribution < -0.4 is 0 Å². The highest BCUT2D eigenvalue weighted by atomic mass is 19.1. The first-order valence-corrected chi connectivity index (χ1v) is 7.01. The van der Waals surface area contributed by atoms with E-state index in [1.54, 1.807) is 24.3 Å². The lowest BCUT2D eigenvalue weighted by molar-refractivity contribution is 0.0279. The van der Waals surface area contributed by atoms with Crippen molar-refractivity contribution in [3.8, 4) is 0 Å². The van der Waals surface area contributed by atoms with E-state index in [4.69, 9.17) is 9.47 Å². The van der Waals surface area contributed by atoms with Crippen molar-refractivity contribution in [3.05, 3.63) is 47.8 Å². The average molecular weight is 290 g/mol. The van der Waals surface area contributed by atoms with Gasteiger partial charge in [-0.1, -0.05) is 38.1 Å². The fourth-order valence-electron chi connectivity index (χ4n) is 2.03. The Kier molecular flexibility index (Phi) is 5.28. The van der Waals surface area contributed by atoms with Crippen molar-refractivity contribution in [2.24, 2.45) is 5.92 Å². The van der Waals surface area contributed by atoms with E-state index < -0.39 is 5.97 Å². The van der Waals surface area contributed by atoms with Crippen LogP contribution in [0.4, 0.5) is 4.39 Å². The molecule has 2 aromatic carbocycles. The summed E-state index contributed by atoms with van der Waals surface area (Å²) < 4.78 is 24.2. The highest BCUT2D eigenvalue weighted by molar-refractivity contribution is 6.04. The van der Waals surface area contributed by atoms with Crippen LogP contribution in [0, 0.1) is 11.7 Å². The molecule has 2 aromatic rings. The summed E-state index contributed by atoms with van der Waals surface area (Å²) >= 11 is 0. The Morgan fingerprint density at radius 3 is 2.52 bits per heavy atom. The van der Waals surface area contributed by atoms with E-state index in [1.807, 2.05) is 0 Å². The van der Waals surface area contributed by atoms with Gasteiger partial charge in [-0.05, 0) is 23.4 Å². The summed E-state index contributed by atoms with van der Waals surface area (Å²) in [6.45, 7) is 5.30. The molecule has 0 spiro atoms. The van der Waals surface area contributed by atoms with Gasteiger partial charge >= 0.3 is 5.97 Å². The van der Waals surface area contributed by atoms with Crippen molar-refractivity contribution in [1.29, 1.82) is 0 Å². The summed E-state index contributed by atoms with van der Waals surface area (Å²) in [4.78, 5) is 12.1. The van der Waals surface area contributed by atoms with Crippen molar-refractivity contribution in [2.45, 2.75) is 13.8 Å². The van der Waals surface area contributed by atoms with E-state index in [9.17, 15) is 9.18 Å². The molecule has 112 valence electrons. The van der Waals surface area contributed by atoms with Crippen LogP contribution in [-0.2, 0) is 9.47 Å². The number of benzene rings is 2. The zero-order chi connectivity index (χ0) is 15.2. The molecule has 0 aliphatic heterocycles. The fourth-order valence-corrected chi connectivity index (χ4v) is 2.03. The Balaban J connectivity index is 2.02. The Labute approximate surface area is 123 Å². The number of esters is 1. The molecule has 0 aliphatic rings. The van der Waals surface area contributed by atoms with Crippen LogP contribution in [0.25, 0.3) is 10.8 Å². The van der Waals surface area contributed by atoms with Crippen LogP contribution in [-0.4, -0.2) is 25.8 Å². The molecule has 2 rings (SSSR count). The molecular formula is C17H19FO3. The monoisotopic (exact) mass is 290 g/mol. The Morgan fingerprint density at radius 1 is 1.10 bits per heavy atom. The number of rotatable bonds is 6. The number of halogens is 1. The highest BCUT2D eigenvalue weighted by Gasteiger charge is 2.13. The minimum atomic E-state index is -0.459. The lowest BCUT2D eigenvalue weighted by atomic mass is 10.0. The molecule has 0 fully saturated rings. The highest BCUT2D eigenvalue weighted by Crippen LogP contribution is 2.22. The van der Waals surface area contributed by atoms with E-state index in [0.29, 0.717) is 35.5 Å². The van der Waals surface area contributed by atoms with Gasteiger partial charge in [0.2, 0.25) is 0 Å².